The van der Waals surface area contributed by atoms with Gasteiger partial charge in [0.05, 0.1) is 11.8 Å². The highest BCUT2D eigenvalue weighted by atomic mass is 15.1. The van der Waals surface area contributed by atoms with Crippen molar-refractivity contribution >= 4 is 22.1 Å². The molecule has 2 fully saturated rings. The van der Waals surface area contributed by atoms with Gasteiger partial charge in [-0.2, -0.15) is 0 Å². The number of H-pyrrole nitrogens is 1. The van der Waals surface area contributed by atoms with Crippen LogP contribution in [0.3, 0.4) is 0 Å². The van der Waals surface area contributed by atoms with Crippen LogP contribution in [0.25, 0.3) is 22.1 Å². The zero-order chi connectivity index (χ0) is 16.3. The van der Waals surface area contributed by atoms with Crippen molar-refractivity contribution in [3.63, 3.8) is 0 Å². The van der Waals surface area contributed by atoms with Crippen LogP contribution < -0.4 is 0 Å². The maximum absolute atomic E-state index is 4.95. The normalized spacial score (nSPS) is 23.8. The maximum Gasteiger partial charge on any atom is 0.163 e. The second kappa shape index (κ2) is 5.11. The van der Waals surface area contributed by atoms with Crippen LogP contribution in [-0.4, -0.2) is 19.5 Å². The lowest BCUT2D eigenvalue weighted by Crippen LogP contribution is -2.05. The zero-order valence-electron chi connectivity index (χ0n) is 14.3. The van der Waals surface area contributed by atoms with E-state index in [2.05, 4.69) is 41.3 Å². The molecule has 3 aromatic rings. The predicted molar refractivity (Wildman–Crippen MR) is 95.8 cm³/mol. The molecule has 2 atom stereocenters. The molecule has 0 radical (unpaired) electrons. The Balaban J connectivity index is 1.72. The lowest BCUT2D eigenvalue weighted by Gasteiger charge is -2.12. The standard InChI is InChI=1S/C20H22N4/c1-12-3-7-15(9-12)24-11-21-19-18-16(10-13(2)22-18)17(23-20(19)24)8-6-14-4-5-14/h10-12,14-15,22H,3-5,7,9H2,1-2H3. The molecule has 2 aliphatic carbocycles. The first kappa shape index (κ1) is 14.1. The van der Waals surface area contributed by atoms with Gasteiger partial charge >= 0.3 is 0 Å². The van der Waals surface area contributed by atoms with E-state index in [9.17, 15) is 0 Å². The minimum Gasteiger partial charge on any atom is -0.357 e. The molecule has 0 aliphatic heterocycles. The van der Waals surface area contributed by atoms with Crippen molar-refractivity contribution in [2.24, 2.45) is 11.8 Å². The van der Waals surface area contributed by atoms with Crippen LogP contribution in [0.1, 0.15) is 56.5 Å². The molecule has 4 heteroatoms. The van der Waals surface area contributed by atoms with Crippen LogP contribution in [0.5, 0.6) is 0 Å². The largest absolute Gasteiger partial charge is 0.357 e. The number of pyridine rings is 1. The molecule has 0 amide bonds. The zero-order valence-corrected chi connectivity index (χ0v) is 14.3. The lowest BCUT2D eigenvalue weighted by molar-refractivity contribution is 0.502. The first-order chi connectivity index (χ1) is 11.7. The van der Waals surface area contributed by atoms with Gasteiger partial charge in [-0.1, -0.05) is 12.8 Å². The Bertz CT molecular complexity index is 993. The molecular weight excluding hydrogens is 296 g/mol. The molecule has 4 nitrogen and oxygen atoms in total. The molecule has 122 valence electrons. The predicted octanol–water partition coefficient (Wildman–Crippen LogP) is 4.34. The van der Waals surface area contributed by atoms with Gasteiger partial charge in [0.2, 0.25) is 0 Å². The van der Waals surface area contributed by atoms with Gasteiger partial charge in [-0.25, -0.2) is 9.97 Å². The van der Waals surface area contributed by atoms with E-state index < -0.39 is 0 Å². The molecule has 0 spiro atoms. The van der Waals surface area contributed by atoms with Crippen molar-refractivity contribution in [2.75, 3.05) is 0 Å². The van der Waals surface area contributed by atoms with Gasteiger partial charge in [0.15, 0.2) is 5.65 Å². The molecule has 2 saturated carbocycles. The Labute approximate surface area is 141 Å². The summed E-state index contributed by atoms with van der Waals surface area (Å²) in [6.07, 6.45) is 8.19. The molecule has 2 aliphatic rings. The Kier molecular flexibility index (Phi) is 3.00. The van der Waals surface area contributed by atoms with E-state index in [1.54, 1.807) is 0 Å². The molecule has 0 saturated heterocycles. The number of imidazole rings is 1. The van der Waals surface area contributed by atoms with Crippen molar-refractivity contribution in [2.45, 2.75) is 52.0 Å². The van der Waals surface area contributed by atoms with Crippen LogP contribution in [-0.2, 0) is 0 Å². The van der Waals surface area contributed by atoms with Gasteiger partial charge in [-0.15, -0.1) is 0 Å². The van der Waals surface area contributed by atoms with E-state index >= 15 is 0 Å². The SMILES string of the molecule is Cc1cc2c(C#CC3CC3)nc3c(ncn3C3CCC(C)C3)c2[nH]1. The number of rotatable bonds is 1. The summed E-state index contributed by atoms with van der Waals surface area (Å²) in [5.41, 5.74) is 5.10. The maximum atomic E-state index is 4.95. The molecule has 3 aromatic heterocycles. The first-order valence-corrected chi connectivity index (χ1v) is 9.06. The number of fused-ring (bicyclic) bond motifs is 3. The van der Waals surface area contributed by atoms with Crippen LogP contribution in [0, 0.1) is 30.6 Å². The van der Waals surface area contributed by atoms with Crippen molar-refractivity contribution in [3.05, 3.63) is 23.8 Å². The van der Waals surface area contributed by atoms with Crippen molar-refractivity contribution in [1.29, 1.82) is 0 Å². The quantitative estimate of drug-likeness (QED) is 0.678. The van der Waals surface area contributed by atoms with E-state index in [4.69, 9.17) is 9.97 Å². The van der Waals surface area contributed by atoms with Crippen molar-refractivity contribution in [1.82, 2.24) is 19.5 Å². The Hall–Kier alpha value is -2.28. The van der Waals surface area contributed by atoms with Gasteiger partial charge in [-0.05, 0) is 56.9 Å². The summed E-state index contributed by atoms with van der Waals surface area (Å²) in [6.45, 7) is 4.42. The first-order valence-electron chi connectivity index (χ1n) is 9.06. The molecule has 0 aromatic carbocycles. The number of hydrogen-bond acceptors (Lipinski definition) is 2. The summed E-state index contributed by atoms with van der Waals surface area (Å²) in [4.78, 5) is 13.1. The van der Waals surface area contributed by atoms with Gasteiger partial charge in [0, 0.05) is 23.0 Å². The van der Waals surface area contributed by atoms with Crippen molar-refractivity contribution in [3.8, 4) is 11.8 Å². The van der Waals surface area contributed by atoms with E-state index in [1.807, 2.05) is 6.33 Å². The Morgan fingerprint density at radius 2 is 2.12 bits per heavy atom. The monoisotopic (exact) mass is 318 g/mol. The Morgan fingerprint density at radius 3 is 2.88 bits per heavy atom. The van der Waals surface area contributed by atoms with E-state index in [0.29, 0.717) is 12.0 Å². The molecule has 1 N–H and O–H groups in total. The third-order valence-corrected chi connectivity index (χ3v) is 5.46. The average Bonchev–Trinajstić information content (AvgIpc) is 2.93. The lowest BCUT2D eigenvalue weighted by atomic mass is 10.1. The summed E-state index contributed by atoms with van der Waals surface area (Å²) in [5, 5.41) is 1.11. The fourth-order valence-corrected chi connectivity index (χ4v) is 3.96. The fraction of sp³-hybridized carbons (Fsp3) is 0.500. The summed E-state index contributed by atoms with van der Waals surface area (Å²) in [5.74, 6) is 8.09. The average molecular weight is 318 g/mol. The molecule has 5 rings (SSSR count). The van der Waals surface area contributed by atoms with Crippen LogP contribution in [0.15, 0.2) is 12.4 Å². The topological polar surface area (TPSA) is 46.5 Å². The highest BCUT2D eigenvalue weighted by molar-refractivity contribution is 6.03. The summed E-state index contributed by atoms with van der Waals surface area (Å²) < 4.78 is 2.29. The van der Waals surface area contributed by atoms with Gasteiger partial charge in [-0.3, -0.25) is 0 Å². The molecular formula is C20H22N4. The Morgan fingerprint density at radius 1 is 1.25 bits per heavy atom. The number of nitrogens with zero attached hydrogens (tertiary/aromatic N) is 3. The van der Waals surface area contributed by atoms with Gasteiger partial charge in [0.25, 0.3) is 0 Å². The highest BCUT2D eigenvalue weighted by Gasteiger charge is 2.25. The van der Waals surface area contributed by atoms with Crippen LogP contribution in [0.2, 0.25) is 0 Å². The van der Waals surface area contributed by atoms with Gasteiger partial charge < -0.3 is 9.55 Å². The number of nitrogens with one attached hydrogen (secondary N) is 1. The van der Waals surface area contributed by atoms with Crippen molar-refractivity contribution < 1.29 is 0 Å². The summed E-state index contributed by atoms with van der Waals surface area (Å²) in [7, 11) is 0. The van der Waals surface area contributed by atoms with Crippen LogP contribution >= 0.6 is 0 Å². The molecule has 2 unspecified atom stereocenters. The highest BCUT2D eigenvalue weighted by Crippen LogP contribution is 2.37. The van der Waals surface area contributed by atoms with E-state index in [1.165, 1.54) is 32.1 Å². The fourth-order valence-electron chi connectivity index (χ4n) is 3.96. The smallest absolute Gasteiger partial charge is 0.163 e. The number of aromatic amines is 1. The van der Waals surface area contributed by atoms with E-state index in [0.717, 1.165) is 39.4 Å². The van der Waals surface area contributed by atoms with Crippen LogP contribution in [0.4, 0.5) is 0 Å². The third kappa shape index (κ3) is 2.23. The molecule has 0 bridgehead atoms. The molecule has 3 heterocycles. The summed E-state index contributed by atoms with van der Waals surface area (Å²) >= 11 is 0. The number of aryl methyl sites for hydroxylation is 1. The van der Waals surface area contributed by atoms with Gasteiger partial charge in [0.1, 0.15) is 11.2 Å². The second-order valence-corrected chi connectivity index (χ2v) is 7.64. The molecule has 24 heavy (non-hydrogen) atoms. The number of hydrogen-bond donors (Lipinski definition) is 1. The second-order valence-electron chi connectivity index (χ2n) is 7.64. The number of aromatic nitrogens is 4. The minimum atomic E-state index is 0.523. The summed E-state index contributed by atoms with van der Waals surface area (Å²) in [6, 6.07) is 2.67. The minimum absolute atomic E-state index is 0.523. The van der Waals surface area contributed by atoms with E-state index in [-0.39, 0.29) is 0 Å². The third-order valence-electron chi connectivity index (χ3n) is 5.46.